The molecule has 0 heterocycles. The summed E-state index contributed by atoms with van der Waals surface area (Å²) in [7, 11) is -4.51. The first-order valence-electron chi connectivity index (χ1n) is 13.5. The van der Waals surface area contributed by atoms with Crippen LogP contribution in [0.25, 0.3) is 0 Å². The van der Waals surface area contributed by atoms with Crippen LogP contribution in [0.1, 0.15) is 27.7 Å². The van der Waals surface area contributed by atoms with Crippen molar-refractivity contribution in [1.29, 1.82) is 0 Å². The fourth-order valence-electron chi connectivity index (χ4n) is 5.39. The predicted molar refractivity (Wildman–Crippen MR) is 169 cm³/mol. The van der Waals surface area contributed by atoms with E-state index >= 15 is 0 Å². The molecule has 0 saturated carbocycles. The molecule has 192 valence electrons. The molecule has 0 unspecified atom stereocenters. The van der Waals surface area contributed by atoms with E-state index in [2.05, 4.69) is 164 Å². The van der Waals surface area contributed by atoms with Gasteiger partial charge in [-0.05, 0) is 0 Å². The maximum absolute atomic E-state index is 4.62. The predicted octanol–water partition coefficient (Wildman–Crippen LogP) is 6.47. The van der Waals surface area contributed by atoms with E-state index in [0.717, 1.165) is 26.2 Å². The van der Waals surface area contributed by atoms with Gasteiger partial charge in [-0.25, -0.2) is 0 Å². The molecule has 0 aliphatic heterocycles. The highest BCUT2D eigenvalue weighted by Crippen LogP contribution is 2.56. The van der Waals surface area contributed by atoms with Crippen molar-refractivity contribution < 1.29 is 0 Å². The summed E-state index contributed by atoms with van der Waals surface area (Å²) in [5.74, 6) is 0. The van der Waals surface area contributed by atoms with Crippen LogP contribution >= 0.6 is 14.1 Å². The van der Waals surface area contributed by atoms with Crippen LogP contribution in [0.4, 0.5) is 0 Å². The normalized spacial score (nSPS) is 12.1. The Morgan fingerprint density at radius 2 is 0.622 bits per heavy atom. The molecule has 4 aromatic carbocycles. The third-order valence-electron chi connectivity index (χ3n) is 7.12. The van der Waals surface area contributed by atoms with Crippen LogP contribution < -0.4 is 21.2 Å². The zero-order valence-electron chi connectivity index (χ0n) is 22.7. The monoisotopic (exact) mass is 526 g/mol. The molecule has 0 fully saturated rings. The fraction of sp³-hybridized carbons (Fsp3) is 0.242. The summed E-state index contributed by atoms with van der Waals surface area (Å²) in [4.78, 5) is 0. The highest BCUT2D eigenvalue weighted by atomic mass is 31.2. The summed E-state index contributed by atoms with van der Waals surface area (Å²) in [5.41, 5.74) is 0. The maximum Gasteiger partial charge on any atom is 0.0514 e. The summed E-state index contributed by atoms with van der Waals surface area (Å²) in [6.07, 6.45) is 0. The molecule has 4 aromatic rings. The second-order valence-electron chi connectivity index (χ2n) is 8.99. The Bertz CT molecular complexity index is 1160. The van der Waals surface area contributed by atoms with Gasteiger partial charge in [0.15, 0.2) is 0 Å². The average molecular weight is 527 g/mol. The summed E-state index contributed by atoms with van der Waals surface area (Å²) in [5, 5.41) is 10.1. The molecule has 0 N–H and O–H groups in total. The minimum Gasteiger partial charge on any atom is -0.271 e. The summed E-state index contributed by atoms with van der Waals surface area (Å²) < 4.78 is 5.39. The van der Waals surface area contributed by atoms with Gasteiger partial charge < -0.3 is 0 Å². The number of rotatable bonds is 10. The van der Waals surface area contributed by atoms with Crippen molar-refractivity contribution in [1.82, 2.24) is 9.34 Å². The molecular weight excluding hydrogens is 486 g/mol. The summed E-state index contributed by atoms with van der Waals surface area (Å²) in [6.45, 7) is 13.0. The maximum atomic E-state index is 4.62. The van der Waals surface area contributed by atoms with Crippen molar-refractivity contribution in [3.63, 3.8) is 0 Å². The van der Waals surface area contributed by atoms with Crippen LogP contribution in [0.15, 0.2) is 121 Å². The van der Waals surface area contributed by atoms with Gasteiger partial charge in [-0.15, -0.1) is 0 Å². The lowest BCUT2D eigenvalue weighted by Crippen LogP contribution is -2.36. The lowest BCUT2D eigenvalue weighted by atomic mass is 10.4. The van der Waals surface area contributed by atoms with Crippen LogP contribution in [0.5, 0.6) is 0 Å². The molecule has 0 aliphatic rings. The van der Waals surface area contributed by atoms with Gasteiger partial charge in [0.05, 0.1) is 14.1 Å². The second-order valence-corrected chi connectivity index (χ2v) is 15.5. The van der Waals surface area contributed by atoms with Gasteiger partial charge in [0.1, 0.15) is 0 Å². The summed E-state index contributed by atoms with van der Waals surface area (Å²) in [6, 6.07) is 44.7. The first-order chi connectivity index (χ1) is 18.2. The Balaban J connectivity index is 2.45. The van der Waals surface area contributed by atoms with Crippen LogP contribution in [-0.4, -0.2) is 40.7 Å². The number of hydrogen-bond acceptors (Lipinski definition) is 2. The molecular formula is C33H40N2P2. The van der Waals surface area contributed by atoms with E-state index in [4.69, 9.17) is 0 Å². The van der Waals surface area contributed by atoms with Crippen LogP contribution in [0, 0.1) is 0 Å². The van der Waals surface area contributed by atoms with Gasteiger partial charge in [0.25, 0.3) is 0 Å². The van der Waals surface area contributed by atoms with Gasteiger partial charge >= 0.3 is 0 Å². The van der Waals surface area contributed by atoms with Gasteiger partial charge in [0.2, 0.25) is 0 Å². The Kier molecular flexibility index (Phi) is 9.50. The molecule has 0 amide bonds. The Hall–Kier alpha value is -2.56. The summed E-state index contributed by atoms with van der Waals surface area (Å²) >= 11 is 0. The average Bonchev–Trinajstić information content (AvgIpc) is 2.98. The minimum absolute atomic E-state index is 0.961. The third-order valence-corrected chi connectivity index (χ3v) is 16.4. The number of hydrogen-bond donors (Lipinski definition) is 0. The van der Waals surface area contributed by atoms with E-state index in [1.165, 1.54) is 21.2 Å². The topological polar surface area (TPSA) is 6.48 Å². The molecule has 0 bridgehead atoms. The lowest BCUT2D eigenvalue weighted by Gasteiger charge is -2.41. The highest BCUT2D eigenvalue weighted by molar-refractivity contribution is 7.98. The van der Waals surface area contributed by atoms with E-state index < -0.39 is 14.1 Å². The first kappa shape index (κ1) is 27.5. The molecule has 2 nitrogen and oxygen atoms in total. The van der Waals surface area contributed by atoms with Crippen LogP contribution in [0.3, 0.4) is 0 Å². The lowest BCUT2D eigenvalue weighted by molar-refractivity contribution is 0.511. The van der Waals surface area contributed by atoms with E-state index in [9.17, 15) is 0 Å². The molecule has 4 heteroatoms. The van der Waals surface area contributed by atoms with Crippen molar-refractivity contribution in [3.05, 3.63) is 121 Å². The van der Waals surface area contributed by atoms with Crippen molar-refractivity contribution >= 4 is 40.5 Å². The fourth-order valence-corrected chi connectivity index (χ4v) is 15.9. The number of benzene rings is 4. The standard InChI is InChI=1S/C33H40N2P2/c1-5-34(6-2)36(30-21-13-9-14-22-30,31-23-15-10-16-24-31)29-37(35(7-3)8-4,32-25-17-11-18-26-32)33-27-19-12-20-28-33/h9-28H,5-8H2,1-4H3. The first-order valence-corrected chi connectivity index (χ1v) is 17.0. The molecule has 0 spiro atoms. The van der Waals surface area contributed by atoms with E-state index in [0.29, 0.717) is 0 Å². The molecule has 0 saturated heterocycles. The Morgan fingerprint density at radius 3 is 0.811 bits per heavy atom. The Labute approximate surface area is 224 Å². The second kappa shape index (κ2) is 12.8. The van der Waals surface area contributed by atoms with E-state index in [1.807, 2.05) is 0 Å². The quantitative estimate of drug-likeness (QED) is 0.219. The number of nitrogens with zero attached hydrogens (tertiary/aromatic N) is 2. The minimum atomic E-state index is -2.25. The zero-order valence-corrected chi connectivity index (χ0v) is 24.5. The smallest absolute Gasteiger partial charge is 0.0514 e. The zero-order chi connectivity index (χ0) is 26.1. The van der Waals surface area contributed by atoms with Gasteiger partial charge in [-0.2, -0.15) is 0 Å². The molecule has 0 aromatic heterocycles. The van der Waals surface area contributed by atoms with Crippen molar-refractivity contribution in [2.75, 3.05) is 26.2 Å². The largest absolute Gasteiger partial charge is 0.271 e. The van der Waals surface area contributed by atoms with Crippen molar-refractivity contribution in [3.8, 4) is 0 Å². The van der Waals surface area contributed by atoms with Gasteiger partial charge in [-0.3, -0.25) is 9.34 Å². The SMILES string of the molecule is CCN(CC)P(=C=P(c1ccccc1)(c1ccccc1)N(CC)CC)(c1ccccc1)c1ccccc1. The molecule has 0 atom stereocenters. The van der Waals surface area contributed by atoms with Gasteiger partial charge in [-0.1, -0.05) is 154 Å². The van der Waals surface area contributed by atoms with Crippen LogP contribution in [0.2, 0.25) is 0 Å². The Morgan fingerprint density at radius 1 is 0.405 bits per heavy atom. The van der Waals surface area contributed by atoms with E-state index in [-0.39, 0.29) is 0 Å². The van der Waals surface area contributed by atoms with Crippen molar-refractivity contribution in [2.24, 2.45) is 0 Å². The molecule has 4 rings (SSSR count). The van der Waals surface area contributed by atoms with E-state index in [1.54, 1.807) is 0 Å². The molecule has 37 heavy (non-hydrogen) atoms. The molecule has 0 aliphatic carbocycles. The van der Waals surface area contributed by atoms with Gasteiger partial charge in [0, 0.05) is 47.4 Å². The molecule has 0 radical (unpaired) electrons. The third kappa shape index (κ3) is 5.24. The van der Waals surface area contributed by atoms with Crippen molar-refractivity contribution in [2.45, 2.75) is 27.7 Å². The highest BCUT2D eigenvalue weighted by Gasteiger charge is 2.34. The van der Waals surface area contributed by atoms with Crippen LogP contribution in [-0.2, 0) is 0 Å².